The van der Waals surface area contributed by atoms with Crippen molar-refractivity contribution in [2.45, 2.75) is 19.6 Å². The molecule has 0 spiro atoms. The van der Waals surface area contributed by atoms with Crippen molar-refractivity contribution in [3.05, 3.63) is 72.0 Å². The van der Waals surface area contributed by atoms with Gasteiger partial charge in [0.25, 0.3) is 5.89 Å². The molecule has 1 N–H and O–H groups in total. The summed E-state index contributed by atoms with van der Waals surface area (Å²) in [6.07, 6.45) is 0. The van der Waals surface area contributed by atoms with Gasteiger partial charge in [-0.3, -0.25) is 9.59 Å². The molecule has 2 heterocycles. The molecule has 2 aromatic carbocycles. The summed E-state index contributed by atoms with van der Waals surface area (Å²) in [5.41, 5.74) is 2.04. The number of thioether (sulfide) groups is 1. The summed E-state index contributed by atoms with van der Waals surface area (Å²) in [5, 5.41) is 6.85. The number of carbonyl (C=O) groups excluding carboxylic acids is 2. The maximum Gasteiger partial charge on any atom is 0.293 e. The molecule has 174 valence electrons. The van der Waals surface area contributed by atoms with Gasteiger partial charge in [-0.25, -0.2) is 0 Å². The third-order valence-electron chi connectivity index (χ3n) is 4.75. The summed E-state index contributed by atoms with van der Waals surface area (Å²) < 4.78 is 16.7. The predicted octanol–water partition coefficient (Wildman–Crippen LogP) is 5.47. The first-order valence-corrected chi connectivity index (χ1v) is 11.8. The van der Waals surface area contributed by atoms with Crippen molar-refractivity contribution in [3.8, 4) is 28.8 Å². The number of rotatable bonds is 10. The highest BCUT2D eigenvalue weighted by atomic mass is 32.2. The molecule has 0 saturated carbocycles. The van der Waals surface area contributed by atoms with Gasteiger partial charge in [-0.1, -0.05) is 17.3 Å². The van der Waals surface area contributed by atoms with Crippen LogP contribution < -0.4 is 10.1 Å². The van der Waals surface area contributed by atoms with Gasteiger partial charge in [-0.05, 0) is 62.4 Å². The molecule has 0 atom stereocenters. The van der Waals surface area contributed by atoms with E-state index in [1.165, 1.54) is 18.7 Å². The number of nitrogens with one attached hydrogen (secondary N) is 1. The maximum absolute atomic E-state index is 12.2. The highest BCUT2D eigenvalue weighted by molar-refractivity contribution is 7.99. The number of hydrogen-bond donors (Lipinski definition) is 1. The van der Waals surface area contributed by atoms with E-state index >= 15 is 0 Å². The highest BCUT2D eigenvalue weighted by Gasteiger charge is 2.15. The van der Waals surface area contributed by atoms with E-state index in [0.29, 0.717) is 41.0 Å². The second-order valence-corrected chi connectivity index (χ2v) is 8.31. The molecule has 0 aliphatic rings. The van der Waals surface area contributed by atoms with Gasteiger partial charge in [-0.15, -0.1) is 11.8 Å². The number of nitrogens with zero attached hydrogens (tertiary/aromatic N) is 2. The van der Waals surface area contributed by atoms with Gasteiger partial charge in [0.2, 0.25) is 11.7 Å². The first-order valence-electron chi connectivity index (χ1n) is 10.7. The molecule has 0 unspecified atom stereocenters. The van der Waals surface area contributed by atoms with Gasteiger partial charge < -0.3 is 19.0 Å². The Hall–Kier alpha value is -3.85. The summed E-state index contributed by atoms with van der Waals surface area (Å²) >= 11 is 1.42. The summed E-state index contributed by atoms with van der Waals surface area (Å²) in [4.78, 5) is 27.9. The summed E-state index contributed by atoms with van der Waals surface area (Å²) in [6.45, 7) is 4.00. The number of ether oxygens (including phenoxy) is 1. The Balaban J connectivity index is 1.30. The second kappa shape index (κ2) is 10.8. The molecule has 0 aliphatic heterocycles. The van der Waals surface area contributed by atoms with Gasteiger partial charge in [0.1, 0.15) is 11.5 Å². The molecule has 2 aromatic heterocycles. The minimum absolute atomic E-state index is 0.0150. The predicted molar refractivity (Wildman–Crippen MR) is 130 cm³/mol. The summed E-state index contributed by atoms with van der Waals surface area (Å²) in [6, 6.07) is 17.9. The molecule has 9 heteroatoms. The lowest BCUT2D eigenvalue weighted by molar-refractivity contribution is -0.113. The molecule has 8 nitrogen and oxygen atoms in total. The van der Waals surface area contributed by atoms with Crippen LogP contribution in [0.3, 0.4) is 0 Å². The number of furan rings is 1. The molecule has 0 radical (unpaired) electrons. The Bertz CT molecular complexity index is 1280. The van der Waals surface area contributed by atoms with Crippen molar-refractivity contribution < 1.29 is 23.3 Å². The lowest BCUT2D eigenvalue weighted by Gasteiger charge is -2.05. The lowest BCUT2D eigenvalue weighted by atomic mass is 10.1. The number of amides is 1. The number of anilines is 1. The largest absolute Gasteiger partial charge is 0.494 e. The van der Waals surface area contributed by atoms with Gasteiger partial charge in [0, 0.05) is 16.8 Å². The molecule has 0 saturated heterocycles. The Labute approximate surface area is 200 Å². The summed E-state index contributed by atoms with van der Waals surface area (Å²) in [5.74, 6) is 3.22. The Morgan fingerprint density at radius 3 is 2.68 bits per heavy atom. The molecule has 0 aliphatic carbocycles. The van der Waals surface area contributed by atoms with Crippen LogP contribution in [0.25, 0.3) is 23.0 Å². The average Bonchev–Trinajstić information content (AvgIpc) is 3.50. The zero-order valence-electron chi connectivity index (χ0n) is 18.7. The minimum atomic E-state index is -0.136. The van der Waals surface area contributed by atoms with E-state index in [1.807, 2.05) is 37.3 Å². The zero-order chi connectivity index (χ0) is 23.9. The van der Waals surface area contributed by atoms with Crippen molar-refractivity contribution >= 4 is 29.1 Å². The van der Waals surface area contributed by atoms with Gasteiger partial charge in [0.05, 0.1) is 18.1 Å². The SMILES string of the molecule is CCOc1cccc(-c2noc(-c3ccc(CSCC(=O)Nc4ccc(C(C)=O)cc4)o3)n2)c1. The molecule has 34 heavy (non-hydrogen) atoms. The van der Waals surface area contributed by atoms with E-state index in [0.717, 1.165) is 11.3 Å². The first-order chi connectivity index (χ1) is 16.5. The van der Waals surface area contributed by atoms with Gasteiger partial charge in [-0.2, -0.15) is 4.98 Å². The maximum atomic E-state index is 12.2. The molecule has 4 rings (SSSR count). The number of ketones is 1. The van der Waals surface area contributed by atoms with Crippen LogP contribution >= 0.6 is 11.8 Å². The number of hydrogen-bond acceptors (Lipinski definition) is 8. The Morgan fingerprint density at radius 2 is 1.91 bits per heavy atom. The normalized spacial score (nSPS) is 10.8. The fourth-order valence-corrected chi connectivity index (χ4v) is 3.85. The van der Waals surface area contributed by atoms with Crippen LogP contribution in [-0.4, -0.2) is 34.2 Å². The van der Waals surface area contributed by atoms with Crippen LogP contribution in [-0.2, 0) is 10.5 Å². The van der Waals surface area contributed by atoms with Crippen molar-refractivity contribution in [1.82, 2.24) is 10.1 Å². The number of aromatic nitrogens is 2. The van der Waals surface area contributed by atoms with Crippen LogP contribution in [0.5, 0.6) is 5.75 Å². The standard InChI is InChI=1S/C25H23N3O5S/c1-3-31-20-6-4-5-18(13-20)24-27-25(33-28-24)22-12-11-21(32-22)14-34-15-23(30)26-19-9-7-17(8-10-19)16(2)29/h4-13H,3,14-15H2,1-2H3,(H,26,30). The van der Waals surface area contributed by atoms with Crippen LogP contribution in [0.2, 0.25) is 0 Å². The first kappa shape index (κ1) is 23.3. The summed E-state index contributed by atoms with van der Waals surface area (Å²) in [7, 11) is 0. The van der Waals surface area contributed by atoms with E-state index in [1.54, 1.807) is 30.3 Å². The molecule has 4 aromatic rings. The zero-order valence-corrected chi connectivity index (χ0v) is 19.6. The van der Waals surface area contributed by atoms with E-state index in [9.17, 15) is 9.59 Å². The van der Waals surface area contributed by atoms with Crippen LogP contribution in [0.15, 0.2) is 69.6 Å². The quantitative estimate of drug-likeness (QED) is 0.300. The molecule has 0 fully saturated rings. The third kappa shape index (κ3) is 5.93. The molecular weight excluding hydrogens is 454 g/mol. The van der Waals surface area contributed by atoms with E-state index in [-0.39, 0.29) is 23.3 Å². The van der Waals surface area contributed by atoms with Crippen molar-refractivity contribution in [3.63, 3.8) is 0 Å². The Morgan fingerprint density at radius 1 is 1.09 bits per heavy atom. The number of Topliss-reactive ketones (excluding diaryl/α,β-unsaturated/α-hetero) is 1. The minimum Gasteiger partial charge on any atom is -0.494 e. The topological polar surface area (TPSA) is 107 Å². The van der Waals surface area contributed by atoms with Gasteiger partial charge >= 0.3 is 0 Å². The molecule has 1 amide bonds. The van der Waals surface area contributed by atoms with Crippen LogP contribution in [0.4, 0.5) is 5.69 Å². The Kier molecular flexibility index (Phi) is 7.44. The lowest BCUT2D eigenvalue weighted by Crippen LogP contribution is -2.14. The smallest absolute Gasteiger partial charge is 0.293 e. The van der Waals surface area contributed by atoms with E-state index in [4.69, 9.17) is 13.7 Å². The van der Waals surface area contributed by atoms with Crippen molar-refractivity contribution in [2.75, 3.05) is 17.7 Å². The van der Waals surface area contributed by atoms with Crippen LogP contribution in [0, 0.1) is 0 Å². The van der Waals surface area contributed by atoms with Crippen molar-refractivity contribution in [1.29, 1.82) is 0 Å². The van der Waals surface area contributed by atoms with E-state index < -0.39 is 0 Å². The third-order valence-corrected chi connectivity index (χ3v) is 5.71. The monoisotopic (exact) mass is 477 g/mol. The molecule has 0 bridgehead atoms. The van der Waals surface area contributed by atoms with Gasteiger partial charge in [0.15, 0.2) is 11.5 Å². The second-order valence-electron chi connectivity index (χ2n) is 7.32. The molecular formula is C25H23N3O5S. The van der Waals surface area contributed by atoms with Crippen LogP contribution in [0.1, 0.15) is 30.0 Å². The highest BCUT2D eigenvalue weighted by Crippen LogP contribution is 2.27. The number of benzene rings is 2. The van der Waals surface area contributed by atoms with Crippen molar-refractivity contribution in [2.24, 2.45) is 0 Å². The van der Waals surface area contributed by atoms with E-state index in [2.05, 4.69) is 15.5 Å². The number of carbonyl (C=O) groups is 2. The fourth-order valence-electron chi connectivity index (χ4n) is 3.13. The average molecular weight is 478 g/mol. The fraction of sp³-hybridized carbons (Fsp3) is 0.200.